The molecule has 0 saturated heterocycles. The Balaban J connectivity index is 3.06. The molecule has 1 aromatic rings. The van der Waals surface area contributed by atoms with Crippen molar-refractivity contribution in [3.05, 3.63) is 23.3 Å². The molecule has 0 aliphatic carbocycles. The maximum Gasteiger partial charge on any atom is 0.313 e. The average molecular weight is 266 g/mol. The van der Waals surface area contributed by atoms with Gasteiger partial charge in [0.25, 0.3) is 0 Å². The van der Waals surface area contributed by atoms with E-state index in [1.54, 1.807) is 32.9 Å². The molecule has 19 heavy (non-hydrogen) atoms. The van der Waals surface area contributed by atoms with Crippen LogP contribution in [0.4, 0.5) is 0 Å². The third-order valence-electron chi connectivity index (χ3n) is 2.53. The highest BCUT2D eigenvalue weighted by Crippen LogP contribution is 2.32. The van der Waals surface area contributed by atoms with E-state index in [1.165, 1.54) is 0 Å². The van der Waals surface area contributed by atoms with E-state index in [-0.39, 0.29) is 23.7 Å². The van der Waals surface area contributed by atoms with Gasteiger partial charge in [-0.25, -0.2) is 0 Å². The highest BCUT2D eigenvalue weighted by Gasteiger charge is 2.22. The zero-order valence-electron chi connectivity index (χ0n) is 11.4. The van der Waals surface area contributed by atoms with Gasteiger partial charge in [-0.3, -0.25) is 9.59 Å². The topological polar surface area (TPSA) is 72.8 Å². The second-order valence-electron chi connectivity index (χ2n) is 3.94. The minimum Gasteiger partial charge on any atom is -0.507 e. The Morgan fingerprint density at radius 2 is 1.89 bits per heavy atom. The summed E-state index contributed by atoms with van der Waals surface area (Å²) in [4.78, 5) is 23.4. The number of esters is 1. The number of aromatic hydroxyl groups is 1. The van der Waals surface area contributed by atoms with Gasteiger partial charge in [-0.2, -0.15) is 0 Å². The molecular formula is C14H18O5. The highest BCUT2D eigenvalue weighted by molar-refractivity contribution is 6.09. The van der Waals surface area contributed by atoms with Crippen LogP contribution in [0.3, 0.4) is 0 Å². The van der Waals surface area contributed by atoms with Crippen molar-refractivity contribution in [3.63, 3.8) is 0 Å². The fraction of sp³-hybridized carbons (Fsp3) is 0.429. The Labute approximate surface area is 112 Å². The molecule has 0 radical (unpaired) electrons. The minimum absolute atomic E-state index is 0.0369. The number of carbonyl (C=O) groups is 2. The fourth-order valence-corrected chi connectivity index (χ4v) is 1.65. The van der Waals surface area contributed by atoms with Gasteiger partial charge in [0.15, 0.2) is 5.78 Å². The summed E-state index contributed by atoms with van der Waals surface area (Å²) in [5, 5.41) is 9.97. The van der Waals surface area contributed by atoms with Crippen molar-refractivity contribution >= 4 is 11.8 Å². The van der Waals surface area contributed by atoms with Crippen molar-refractivity contribution in [1.82, 2.24) is 0 Å². The van der Waals surface area contributed by atoms with Crippen LogP contribution in [0.15, 0.2) is 12.1 Å². The first kappa shape index (κ1) is 15.0. The Kier molecular flexibility index (Phi) is 5.36. The summed E-state index contributed by atoms with van der Waals surface area (Å²) in [6, 6.07) is 3.26. The van der Waals surface area contributed by atoms with Gasteiger partial charge in [0.1, 0.15) is 23.5 Å². The molecule has 5 heteroatoms. The van der Waals surface area contributed by atoms with Crippen molar-refractivity contribution < 1.29 is 24.2 Å². The van der Waals surface area contributed by atoms with E-state index in [9.17, 15) is 14.7 Å². The average Bonchev–Trinajstić information content (AvgIpc) is 2.34. The third-order valence-corrected chi connectivity index (χ3v) is 2.53. The van der Waals surface area contributed by atoms with Crippen molar-refractivity contribution in [2.45, 2.75) is 27.2 Å². The van der Waals surface area contributed by atoms with Crippen LogP contribution in [-0.4, -0.2) is 30.1 Å². The lowest BCUT2D eigenvalue weighted by molar-refractivity contribution is -0.141. The molecule has 5 nitrogen and oxygen atoms in total. The number of hydrogen-bond acceptors (Lipinski definition) is 5. The molecule has 0 aliphatic rings. The molecule has 0 aliphatic heterocycles. The summed E-state index contributed by atoms with van der Waals surface area (Å²) in [6.07, 6.45) is -0.412. The SMILES string of the molecule is CCOC(=O)CC(=O)c1c(OCC)ccc(C)c1O. The summed E-state index contributed by atoms with van der Waals surface area (Å²) in [5.74, 6) is -1.00. The molecule has 104 valence electrons. The van der Waals surface area contributed by atoms with Crippen LogP contribution in [0.2, 0.25) is 0 Å². The molecule has 0 heterocycles. The van der Waals surface area contributed by atoms with Crippen LogP contribution >= 0.6 is 0 Å². The van der Waals surface area contributed by atoms with Gasteiger partial charge >= 0.3 is 5.97 Å². The maximum absolute atomic E-state index is 12.1. The van der Waals surface area contributed by atoms with Gasteiger partial charge < -0.3 is 14.6 Å². The summed E-state index contributed by atoms with van der Waals surface area (Å²) in [5.41, 5.74) is 0.588. The lowest BCUT2D eigenvalue weighted by Gasteiger charge is -2.12. The highest BCUT2D eigenvalue weighted by atomic mass is 16.5. The van der Waals surface area contributed by atoms with E-state index in [0.29, 0.717) is 12.2 Å². The second kappa shape index (κ2) is 6.78. The largest absolute Gasteiger partial charge is 0.507 e. The number of hydrogen-bond donors (Lipinski definition) is 1. The molecule has 0 saturated carbocycles. The Hall–Kier alpha value is -2.04. The standard InChI is InChI=1S/C14H18O5/c1-4-18-11-7-6-9(3)14(17)13(11)10(15)8-12(16)19-5-2/h6-7,17H,4-5,8H2,1-3H3. The van der Waals surface area contributed by atoms with Gasteiger partial charge in [-0.05, 0) is 32.4 Å². The van der Waals surface area contributed by atoms with Crippen molar-refractivity contribution in [1.29, 1.82) is 0 Å². The lowest BCUT2D eigenvalue weighted by Crippen LogP contribution is -2.13. The van der Waals surface area contributed by atoms with Gasteiger partial charge in [0.05, 0.1) is 13.2 Å². The van der Waals surface area contributed by atoms with E-state index in [4.69, 9.17) is 9.47 Å². The molecule has 0 bridgehead atoms. The number of rotatable bonds is 6. The number of benzene rings is 1. The molecule has 0 spiro atoms. The number of phenols is 1. The Morgan fingerprint density at radius 1 is 1.21 bits per heavy atom. The van der Waals surface area contributed by atoms with E-state index in [1.807, 2.05) is 0 Å². The Morgan fingerprint density at radius 3 is 2.47 bits per heavy atom. The Bertz CT molecular complexity index is 479. The van der Waals surface area contributed by atoms with Gasteiger partial charge in [0.2, 0.25) is 0 Å². The zero-order valence-corrected chi connectivity index (χ0v) is 11.4. The van der Waals surface area contributed by atoms with Crippen molar-refractivity contribution in [2.75, 3.05) is 13.2 Å². The van der Waals surface area contributed by atoms with Gasteiger partial charge in [0, 0.05) is 0 Å². The summed E-state index contributed by atoms with van der Waals surface area (Å²) in [7, 11) is 0. The van der Waals surface area contributed by atoms with Crippen LogP contribution < -0.4 is 4.74 Å². The zero-order chi connectivity index (χ0) is 14.4. The number of carbonyl (C=O) groups excluding carboxylic acids is 2. The lowest BCUT2D eigenvalue weighted by atomic mass is 10.0. The number of ether oxygens (including phenoxy) is 2. The van der Waals surface area contributed by atoms with E-state index >= 15 is 0 Å². The number of ketones is 1. The van der Waals surface area contributed by atoms with Gasteiger partial charge in [-0.15, -0.1) is 0 Å². The molecule has 0 atom stereocenters. The maximum atomic E-state index is 12.1. The molecule has 1 rings (SSSR count). The van der Waals surface area contributed by atoms with Crippen LogP contribution in [-0.2, 0) is 9.53 Å². The molecule has 0 unspecified atom stereocenters. The first-order valence-electron chi connectivity index (χ1n) is 6.15. The van der Waals surface area contributed by atoms with E-state index in [2.05, 4.69) is 0 Å². The second-order valence-corrected chi connectivity index (χ2v) is 3.94. The first-order chi connectivity index (χ1) is 9.01. The first-order valence-corrected chi connectivity index (χ1v) is 6.15. The molecule has 1 aromatic carbocycles. The predicted octanol–water partition coefficient (Wildman–Crippen LogP) is 2.24. The minimum atomic E-state index is -0.615. The molecular weight excluding hydrogens is 248 g/mol. The summed E-state index contributed by atoms with van der Waals surface area (Å²) >= 11 is 0. The van der Waals surface area contributed by atoms with Crippen LogP contribution in [0.25, 0.3) is 0 Å². The number of phenolic OH excluding ortho intramolecular Hbond substituents is 1. The number of Topliss-reactive ketones (excluding diaryl/α,β-unsaturated/α-hetero) is 1. The van der Waals surface area contributed by atoms with Crippen LogP contribution in [0, 0.1) is 6.92 Å². The van der Waals surface area contributed by atoms with E-state index < -0.39 is 18.2 Å². The van der Waals surface area contributed by atoms with Crippen LogP contribution in [0.1, 0.15) is 36.2 Å². The van der Waals surface area contributed by atoms with Crippen LogP contribution in [0.5, 0.6) is 11.5 Å². The van der Waals surface area contributed by atoms with Crippen molar-refractivity contribution in [2.24, 2.45) is 0 Å². The fourth-order valence-electron chi connectivity index (χ4n) is 1.65. The quantitative estimate of drug-likeness (QED) is 0.485. The predicted molar refractivity (Wildman–Crippen MR) is 69.6 cm³/mol. The smallest absolute Gasteiger partial charge is 0.313 e. The van der Waals surface area contributed by atoms with Crippen molar-refractivity contribution in [3.8, 4) is 11.5 Å². The number of aryl methyl sites for hydroxylation is 1. The van der Waals surface area contributed by atoms with Gasteiger partial charge in [-0.1, -0.05) is 6.07 Å². The monoisotopic (exact) mass is 266 g/mol. The molecule has 0 fully saturated rings. The summed E-state index contributed by atoms with van der Waals surface area (Å²) < 4.78 is 10.0. The summed E-state index contributed by atoms with van der Waals surface area (Å²) in [6.45, 7) is 5.69. The molecule has 0 amide bonds. The van der Waals surface area contributed by atoms with E-state index in [0.717, 1.165) is 0 Å². The normalized spacial score (nSPS) is 10.1. The third kappa shape index (κ3) is 3.71. The molecule has 0 aromatic heterocycles. The molecule has 1 N–H and O–H groups in total.